The molecule has 1 atom stereocenters. The molecule has 2 aromatic rings. The summed E-state index contributed by atoms with van der Waals surface area (Å²) in [6, 6.07) is 9.35. The van der Waals surface area contributed by atoms with Gasteiger partial charge in [-0.2, -0.15) is 0 Å². The fourth-order valence-electron chi connectivity index (χ4n) is 3.46. The Bertz CT molecular complexity index is 931. The Kier molecular flexibility index (Phi) is 7.57. The van der Waals surface area contributed by atoms with Gasteiger partial charge in [-0.3, -0.25) is 4.79 Å². The lowest BCUT2D eigenvalue weighted by atomic mass is 9.78. The zero-order valence-corrected chi connectivity index (χ0v) is 18.4. The van der Waals surface area contributed by atoms with Crippen LogP contribution in [0.3, 0.4) is 0 Å². The Hall–Kier alpha value is -1.79. The third-order valence-electron chi connectivity index (χ3n) is 5.00. The Balaban J connectivity index is 0.00000300. The van der Waals surface area contributed by atoms with Gasteiger partial charge in [-0.05, 0) is 43.0 Å². The molecule has 1 aliphatic rings. The third kappa shape index (κ3) is 4.38. The summed E-state index contributed by atoms with van der Waals surface area (Å²) in [5.74, 6) is -0.336. The second-order valence-electron chi connectivity index (χ2n) is 6.87. The van der Waals surface area contributed by atoms with E-state index in [1.807, 2.05) is 31.2 Å². The highest BCUT2D eigenvalue weighted by Crippen LogP contribution is 2.47. The van der Waals surface area contributed by atoms with Crippen LogP contribution < -0.4 is 10.5 Å². The normalized spacial score (nSPS) is 17.5. The number of ketones is 1. The van der Waals surface area contributed by atoms with Crippen LogP contribution in [0.4, 0.5) is 0 Å². The molecule has 2 aromatic carbocycles. The van der Waals surface area contributed by atoms with Crippen molar-refractivity contribution in [2.45, 2.75) is 32.2 Å². The van der Waals surface area contributed by atoms with Crippen molar-refractivity contribution >= 4 is 47.4 Å². The molecule has 0 heterocycles. The van der Waals surface area contributed by atoms with E-state index in [9.17, 15) is 9.59 Å². The summed E-state index contributed by atoms with van der Waals surface area (Å²) in [5, 5.41) is 0.256. The van der Waals surface area contributed by atoms with Crippen molar-refractivity contribution in [3.63, 3.8) is 0 Å². The Morgan fingerprint density at radius 3 is 2.45 bits per heavy atom. The van der Waals surface area contributed by atoms with Crippen LogP contribution in [0.2, 0.25) is 10.0 Å². The van der Waals surface area contributed by atoms with E-state index in [-0.39, 0.29) is 47.2 Å². The summed E-state index contributed by atoms with van der Waals surface area (Å²) in [7, 11) is 0. The van der Waals surface area contributed by atoms with E-state index in [0.717, 1.165) is 16.7 Å². The predicted molar refractivity (Wildman–Crippen MR) is 116 cm³/mol. The summed E-state index contributed by atoms with van der Waals surface area (Å²) < 4.78 is 10.3. The van der Waals surface area contributed by atoms with Crippen LogP contribution in [0.15, 0.2) is 30.3 Å². The number of carbonyl (C=O) groups is 2. The van der Waals surface area contributed by atoms with E-state index in [4.69, 9.17) is 38.4 Å². The van der Waals surface area contributed by atoms with E-state index in [2.05, 4.69) is 0 Å². The number of halogens is 3. The molecule has 0 spiro atoms. The van der Waals surface area contributed by atoms with Gasteiger partial charge in [0.25, 0.3) is 0 Å². The molecule has 0 saturated heterocycles. The first-order chi connectivity index (χ1) is 13.3. The van der Waals surface area contributed by atoms with Crippen LogP contribution in [0.25, 0.3) is 0 Å². The van der Waals surface area contributed by atoms with Crippen molar-refractivity contribution in [1.82, 2.24) is 0 Å². The second-order valence-corrected chi connectivity index (χ2v) is 7.63. The van der Waals surface area contributed by atoms with Crippen LogP contribution in [-0.2, 0) is 27.9 Å². The molecule has 1 unspecified atom stereocenters. The number of ether oxygens (including phenoxy) is 2. The minimum atomic E-state index is -0.762. The molecule has 2 N–H and O–H groups in total. The van der Waals surface area contributed by atoms with Gasteiger partial charge < -0.3 is 15.2 Å². The Morgan fingerprint density at radius 2 is 1.86 bits per heavy atom. The van der Waals surface area contributed by atoms with Gasteiger partial charge in [-0.1, -0.05) is 47.5 Å². The summed E-state index contributed by atoms with van der Waals surface area (Å²) in [5.41, 5.74) is 7.91. The number of benzene rings is 2. The van der Waals surface area contributed by atoms with E-state index in [1.54, 1.807) is 13.0 Å². The average Bonchev–Trinajstić information content (AvgIpc) is 2.95. The van der Waals surface area contributed by atoms with Crippen molar-refractivity contribution in [3.05, 3.63) is 62.6 Å². The highest BCUT2D eigenvalue weighted by atomic mass is 35.5. The van der Waals surface area contributed by atoms with E-state index < -0.39 is 11.4 Å². The minimum absolute atomic E-state index is 0. The quantitative estimate of drug-likeness (QED) is 0.644. The molecule has 0 saturated carbocycles. The largest absolute Gasteiger partial charge is 0.480 e. The standard InChI is InChI=1S/C21H21Cl2NO4.ClH/c1-3-27-16(25)11-28-15-8-13-9-21(2,14-6-4-12(10-24)5-7-14)20(26)17(13)19(23)18(15)22;/h4-8H,3,9-11,24H2,1-2H3;1H. The SMILES string of the molecule is CCOC(=O)COc1cc2c(c(Cl)c1Cl)C(=O)C(C)(c1ccc(CN)cc1)C2.Cl. The number of hydrogen-bond donors (Lipinski definition) is 1. The summed E-state index contributed by atoms with van der Waals surface area (Å²) in [6.07, 6.45) is 0.454. The van der Waals surface area contributed by atoms with Gasteiger partial charge in [0, 0.05) is 12.1 Å². The number of hydrogen-bond acceptors (Lipinski definition) is 5. The molecule has 3 rings (SSSR count). The fourth-order valence-corrected chi connectivity index (χ4v) is 3.96. The van der Waals surface area contributed by atoms with Crippen molar-refractivity contribution in [2.75, 3.05) is 13.2 Å². The van der Waals surface area contributed by atoms with Crippen LogP contribution in [0.5, 0.6) is 5.75 Å². The summed E-state index contributed by atoms with van der Waals surface area (Å²) >= 11 is 12.7. The lowest BCUT2D eigenvalue weighted by Crippen LogP contribution is -2.29. The van der Waals surface area contributed by atoms with Crippen molar-refractivity contribution in [1.29, 1.82) is 0 Å². The van der Waals surface area contributed by atoms with Gasteiger partial charge in [0.1, 0.15) is 10.8 Å². The first-order valence-corrected chi connectivity index (χ1v) is 9.71. The molecule has 0 aliphatic heterocycles. The second kappa shape index (κ2) is 9.35. The maximum Gasteiger partial charge on any atom is 0.344 e. The lowest BCUT2D eigenvalue weighted by molar-refractivity contribution is -0.145. The maximum absolute atomic E-state index is 13.2. The maximum atomic E-state index is 13.2. The van der Waals surface area contributed by atoms with Crippen molar-refractivity contribution in [2.24, 2.45) is 5.73 Å². The van der Waals surface area contributed by atoms with Crippen LogP contribution in [0, 0.1) is 0 Å². The topological polar surface area (TPSA) is 78.6 Å². The fraction of sp³-hybridized carbons (Fsp3) is 0.333. The highest BCUT2D eigenvalue weighted by molar-refractivity contribution is 6.45. The van der Waals surface area contributed by atoms with Gasteiger partial charge in [0.05, 0.1) is 17.0 Å². The molecule has 1 aliphatic carbocycles. The molecular formula is C21H22Cl3NO4. The Morgan fingerprint density at radius 1 is 1.21 bits per heavy atom. The number of fused-ring (bicyclic) bond motifs is 1. The molecule has 156 valence electrons. The summed E-state index contributed by atoms with van der Waals surface area (Å²) in [6.45, 7) is 4.01. The molecule has 5 nitrogen and oxygen atoms in total. The van der Waals surface area contributed by atoms with Crippen LogP contribution >= 0.6 is 35.6 Å². The average molecular weight is 459 g/mol. The minimum Gasteiger partial charge on any atom is -0.480 e. The molecule has 29 heavy (non-hydrogen) atoms. The van der Waals surface area contributed by atoms with E-state index in [1.165, 1.54) is 0 Å². The van der Waals surface area contributed by atoms with Crippen molar-refractivity contribution in [3.8, 4) is 5.75 Å². The van der Waals surface area contributed by atoms with Crippen molar-refractivity contribution < 1.29 is 19.1 Å². The summed E-state index contributed by atoms with van der Waals surface area (Å²) in [4.78, 5) is 24.8. The highest BCUT2D eigenvalue weighted by Gasteiger charge is 2.45. The molecular weight excluding hydrogens is 437 g/mol. The number of nitrogens with two attached hydrogens (primary N) is 1. The lowest BCUT2D eigenvalue weighted by Gasteiger charge is -2.22. The molecule has 8 heteroatoms. The number of esters is 1. The number of Topliss-reactive ketones (excluding diaryl/α,β-unsaturated/α-hetero) is 1. The first-order valence-electron chi connectivity index (χ1n) is 8.95. The predicted octanol–water partition coefficient (Wildman–Crippen LogP) is 4.51. The van der Waals surface area contributed by atoms with Gasteiger partial charge in [-0.25, -0.2) is 4.79 Å². The number of carbonyl (C=O) groups excluding carboxylic acids is 2. The third-order valence-corrected chi connectivity index (χ3v) is 5.85. The molecule has 0 radical (unpaired) electrons. The zero-order chi connectivity index (χ0) is 20.5. The smallest absolute Gasteiger partial charge is 0.344 e. The van der Waals surface area contributed by atoms with Gasteiger partial charge in [0.15, 0.2) is 12.4 Å². The molecule has 0 amide bonds. The van der Waals surface area contributed by atoms with Crippen LogP contribution in [-0.4, -0.2) is 25.0 Å². The van der Waals surface area contributed by atoms with Gasteiger partial charge in [0.2, 0.25) is 0 Å². The van der Waals surface area contributed by atoms with E-state index >= 15 is 0 Å². The van der Waals surface area contributed by atoms with E-state index in [0.29, 0.717) is 18.5 Å². The monoisotopic (exact) mass is 457 g/mol. The molecule has 0 aromatic heterocycles. The van der Waals surface area contributed by atoms with Gasteiger partial charge >= 0.3 is 5.97 Å². The molecule has 0 fully saturated rings. The molecule has 0 bridgehead atoms. The van der Waals surface area contributed by atoms with Crippen LogP contribution in [0.1, 0.15) is 40.9 Å². The Labute approximate surface area is 185 Å². The number of rotatable bonds is 6. The van der Waals surface area contributed by atoms with Gasteiger partial charge in [-0.15, -0.1) is 12.4 Å². The zero-order valence-electron chi connectivity index (χ0n) is 16.1. The first kappa shape index (κ1) is 23.5.